The summed E-state index contributed by atoms with van der Waals surface area (Å²) in [7, 11) is 0. The van der Waals surface area contributed by atoms with E-state index in [0.717, 1.165) is 29.7 Å². The molecule has 0 saturated carbocycles. The molecule has 0 unspecified atom stereocenters. The summed E-state index contributed by atoms with van der Waals surface area (Å²) in [5.74, 6) is 2.32. The van der Waals surface area contributed by atoms with E-state index in [0.29, 0.717) is 5.75 Å². The van der Waals surface area contributed by atoms with Crippen molar-refractivity contribution >= 4 is 11.8 Å². The summed E-state index contributed by atoms with van der Waals surface area (Å²) >= 11 is 1.82. The van der Waals surface area contributed by atoms with Crippen LogP contribution >= 0.6 is 11.8 Å². The molecular weight excluding hydrogens is 182 g/mol. The monoisotopic (exact) mass is 195 g/mol. The smallest absolute Gasteiger partial charge is 0.116 e. The van der Waals surface area contributed by atoms with E-state index in [1.54, 1.807) is 6.07 Å². The molecule has 0 radical (unpaired) electrons. The molecule has 0 aliphatic carbocycles. The van der Waals surface area contributed by atoms with Crippen LogP contribution in [0, 0.1) is 5.92 Å². The number of aromatic hydroxyl groups is 1. The third-order valence-corrected chi connectivity index (χ3v) is 3.39. The number of hydrogen-bond acceptors (Lipinski definition) is 3. The number of phenols is 1. The van der Waals surface area contributed by atoms with E-state index in [9.17, 15) is 5.11 Å². The third-order valence-electron chi connectivity index (χ3n) is 2.17. The Bertz CT molecular complexity index is 286. The lowest BCUT2D eigenvalue weighted by atomic mass is 10.1. The fourth-order valence-corrected chi connectivity index (χ4v) is 2.30. The molecule has 1 aromatic rings. The molecular formula is C10H13NOS. The molecule has 0 bridgehead atoms. The lowest BCUT2D eigenvalue weighted by Gasteiger charge is -2.26. The summed E-state index contributed by atoms with van der Waals surface area (Å²) in [4.78, 5) is 1.16. The zero-order chi connectivity index (χ0) is 9.10. The molecule has 2 rings (SSSR count). The summed E-state index contributed by atoms with van der Waals surface area (Å²) in [5, 5.41) is 12.5. The predicted molar refractivity (Wildman–Crippen MR) is 55.2 cm³/mol. The Morgan fingerprint density at radius 3 is 2.92 bits per heavy atom. The zero-order valence-electron chi connectivity index (χ0n) is 7.36. The predicted octanol–water partition coefficient (Wildman–Crippen LogP) is 1.70. The van der Waals surface area contributed by atoms with Gasteiger partial charge in [0.05, 0.1) is 0 Å². The first kappa shape index (κ1) is 8.91. The van der Waals surface area contributed by atoms with Gasteiger partial charge in [-0.3, -0.25) is 0 Å². The number of thioether (sulfide) groups is 1. The Hall–Kier alpha value is -0.670. The molecule has 1 saturated heterocycles. The van der Waals surface area contributed by atoms with Crippen LogP contribution in [0.25, 0.3) is 0 Å². The minimum Gasteiger partial charge on any atom is -0.508 e. The van der Waals surface area contributed by atoms with Crippen molar-refractivity contribution in [1.29, 1.82) is 0 Å². The molecule has 1 aromatic carbocycles. The Morgan fingerprint density at radius 2 is 2.31 bits per heavy atom. The van der Waals surface area contributed by atoms with Gasteiger partial charge in [-0.15, -0.1) is 11.8 Å². The molecule has 2 N–H and O–H groups in total. The maximum Gasteiger partial charge on any atom is 0.116 e. The number of benzene rings is 1. The van der Waals surface area contributed by atoms with Crippen molar-refractivity contribution in [3.63, 3.8) is 0 Å². The molecule has 1 fully saturated rings. The van der Waals surface area contributed by atoms with E-state index in [-0.39, 0.29) is 0 Å². The zero-order valence-corrected chi connectivity index (χ0v) is 8.18. The average Bonchev–Trinajstić information content (AvgIpc) is 2.01. The number of rotatable bonds is 3. The van der Waals surface area contributed by atoms with Gasteiger partial charge < -0.3 is 10.4 Å². The van der Waals surface area contributed by atoms with Crippen LogP contribution in [-0.2, 0) is 0 Å². The quantitative estimate of drug-likeness (QED) is 0.720. The van der Waals surface area contributed by atoms with Crippen LogP contribution in [0.3, 0.4) is 0 Å². The molecule has 0 atom stereocenters. The van der Waals surface area contributed by atoms with Crippen molar-refractivity contribution in [2.45, 2.75) is 4.90 Å². The van der Waals surface area contributed by atoms with E-state index < -0.39 is 0 Å². The first-order valence-electron chi connectivity index (χ1n) is 4.47. The highest BCUT2D eigenvalue weighted by atomic mass is 32.2. The molecule has 1 aliphatic rings. The van der Waals surface area contributed by atoms with E-state index in [2.05, 4.69) is 5.32 Å². The van der Waals surface area contributed by atoms with Gasteiger partial charge in [-0.05, 0) is 37.2 Å². The van der Waals surface area contributed by atoms with Gasteiger partial charge in [-0.25, -0.2) is 0 Å². The minimum absolute atomic E-state index is 0.358. The van der Waals surface area contributed by atoms with Crippen LogP contribution in [-0.4, -0.2) is 23.9 Å². The van der Waals surface area contributed by atoms with Gasteiger partial charge in [-0.2, -0.15) is 0 Å². The molecule has 13 heavy (non-hydrogen) atoms. The Balaban J connectivity index is 1.86. The Kier molecular flexibility index (Phi) is 2.76. The van der Waals surface area contributed by atoms with Crippen molar-refractivity contribution in [3.8, 4) is 5.75 Å². The molecule has 0 aromatic heterocycles. The fraction of sp³-hybridized carbons (Fsp3) is 0.400. The van der Waals surface area contributed by atoms with Gasteiger partial charge in [0.25, 0.3) is 0 Å². The molecule has 3 heteroatoms. The van der Waals surface area contributed by atoms with Crippen molar-refractivity contribution < 1.29 is 5.11 Å². The number of hydrogen-bond donors (Lipinski definition) is 2. The topological polar surface area (TPSA) is 32.3 Å². The standard InChI is InChI=1S/C10H13NOS/c12-9-2-1-3-10(4-9)13-7-8-5-11-6-8/h1-4,8,11-12H,5-7H2. The van der Waals surface area contributed by atoms with Gasteiger partial charge >= 0.3 is 0 Å². The van der Waals surface area contributed by atoms with Crippen LogP contribution in [0.4, 0.5) is 0 Å². The largest absolute Gasteiger partial charge is 0.508 e. The lowest BCUT2D eigenvalue weighted by Crippen LogP contribution is -2.43. The van der Waals surface area contributed by atoms with Crippen LogP contribution in [0.5, 0.6) is 5.75 Å². The van der Waals surface area contributed by atoms with E-state index >= 15 is 0 Å². The molecule has 1 aliphatic heterocycles. The summed E-state index contributed by atoms with van der Waals surface area (Å²) in [5.41, 5.74) is 0. The molecule has 0 spiro atoms. The lowest BCUT2D eigenvalue weighted by molar-refractivity contribution is 0.385. The van der Waals surface area contributed by atoms with Crippen LogP contribution in [0.15, 0.2) is 29.2 Å². The average molecular weight is 195 g/mol. The Morgan fingerprint density at radius 1 is 1.46 bits per heavy atom. The highest BCUT2D eigenvalue weighted by molar-refractivity contribution is 7.99. The van der Waals surface area contributed by atoms with Gasteiger partial charge in [-0.1, -0.05) is 6.07 Å². The maximum absolute atomic E-state index is 9.22. The molecule has 2 nitrogen and oxygen atoms in total. The normalized spacial score (nSPS) is 16.9. The van der Waals surface area contributed by atoms with E-state index in [1.165, 1.54) is 0 Å². The fourth-order valence-electron chi connectivity index (χ4n) is 1.25. The second kappa shape index (κ2) is 4.03. The van der Waals surface area contributed by atoms with Crippen molar-refractivity contribution in [3.05, 3.63) is 24.3 Å². The van der Waals surface area contributed by atoms with Crippen LogP contribution < -0.4 is 5.32 Å². The summed E-state index contributed by atoms with van der Waals surface area (Å²) in [6.07, 6.45) is 0. The van der Waals surface area contributed by atoms with Crippen molar-refractivity contribution in [2.75, 3.05) is 18.8 Å². The number of nitrogens with one attached hydrogen (secondary N) is 1. The van der Waals surface area contributed by atoms with Crippen molar-refractivity contribution in [2.24, 2.45) is 5.92 Å². The highest BCUT2D eigenvalue weighted by Gasteiger charge is 2.16. The second-order valence-corrected chi connectivity index (χ2v) is 4.43. The highest BCUT2D eigenvalue weighted by Crippen LogP contribution is 2.24. The van der Waals surface area contributed by atoms with Crippen LogP contribution in [0.1, 0.15) is 0 Å². The van der Waals surface area contributed by atoms with Gasteiger partial charge in [0.1, 0.15) is 5.75 Å². The van der Waals surface area contributed by atoms with E-state index in [1.807, 2.05) is 30.0 Å². The Labute approximate surface area is 82.4 Å². The molecule has 0 amide bonds. The molecule has 70 valence electrons. The van der Waals surface area contributed by atoms with Gasteiger partial charge in [0.15, 0.2) is 0 Å². The van der Waals surface area contributed by atoms with Gasteiger partial charge in [0.2, 0.25) is 0 Å². The van der Waals surface area contributed by atoms with E-state index in [4.69, 9.17) is 0 Å². The minimum atomic E-state index is 0.358. The maximum atomic E-state index is 9.22. The van der Waals surface area contributed by atoms with Crippen LogP contribution in [0.2, 0.25) is 0 Å². The summed E-state index contributed by atoms with van der Waals surface area (Å²) in [6, 6.07) is 7.44. The number of phenolic OH excluding ortho intramolecular Hbond substituents is 1. The first-order chi connectivity index (χ1) is 6.34. The summed E-state index contributed by atoms with van der Waals surface area (Å²) < 4.78 is 0. The first-order valence-corrected chi connectivity index (χ1v) is 5.46. The molecule has 1 heterocycles. The van der Waals surface area contributed by atoms with Crippen molar-refractivity contribution in [1.82, 2.24) is 5.32 Å². The third kappa shape index (κ3) is 2.39. The van der Waals surface area contributed by atoms with Gasteiger partial charge in [0, 0.05) is 10.6 Å². The SMILES string of the molecule is Oc1cccc(SCC2CNC2)c1. The summed E-state index contributed by atoms with van der Waals surface area (Å²) in [6.45, 7) is 2.29. The second-order valence-electron chi connectivity index (χ2n) is 3.33.